The molecule has 0 aliphatic carbocycles. The SMILES string of the molecule is CCC[C@@H]1NC(=O)[C@H](CCN)NC(=O)[C@H](Cc2ccccc2)CC(=O)[C@@H](CC(C)C)NC(=O)[C@H](CCN)NC(=O)[C@@H](NC(=O)[C@@H](CCN)NC(=O)C[C@H](O)CCCCCC(C)C)CCNC(=O)[C@H](CC(C)C)NC1=O. The average Bonchev–Trinajstić information content (AvgIpc) is 3.34. The van der Waals surface area contributed by atoms with Crippen LogP contribution >= 0.6 is 0 Å². The number of Topliss-reactive ketones (excluding diaryl/α,β-unsaturated/α-hetero) is 1. The van der Waals surface area contributed by atoms with Crippen LogP contribution in [0.4, 0.5) is 0 Å². The fourth-order valence-electron chi connectivity index (χ4n) is 8.91. The highest BCUT2D eigenvalue weighted by Crippen LogP contribution is 2.19. The Bertz CT molecular complexity index is 1960. The van der Waals surface area contributed by atoms with E-state index in [-0.39, 0.29) is 102 Å². The van der Waals surface area contributed by atoms with Gasteiger partial charge in [-0.25, -0.2) is 0 Å². The summed E-state index contributed by atoms with van der Waals surface area (Å²) >= 11 is 0. The van der Waals surface area contributed by atoms with Crippen molar-refractivity contribution < 1.29 is 48.3 Å². The molecule has 15 N–H and O–H groups in total. The highest BCUT2D eigenvalue weighted by molar-refractivity contribution is 5.98. The van der Waals surface area contributed by atoms with E-state index in [1.807, 2.05) is 34.6 Å². The van der Waals surface area contributed by atoms with Gasteiger partial charge in [-0.3, -0.25) is 43.2 Å². The lowest BCUT2D eigenvalue weighted by Gasteiger charge is -2.28. The Morgan fingerprint density at radius 1 is 0.627 bits per heavy atom. The molecule has 1 saturated heterocycles. The van der Waals surface area contributed by atoms with Crippen LogP contribution in [-0.2, 0) is 49.6 Å². The number of hydrogen-bond acceptors (Lipinski definition) is 13. The van der Waals surface area contributed by atoms with Gasteiger partial charge in [-0.2, -0.15) is 0 Å². The van der Waals surface area contributed by atoms with E-state index in [4.69, 9.17) is 17.2 Å². The first kappa shape index (κ1) is 65.6. The van der Waals surface area contributed by atoms with Crippen molar-refractivity contribution in [1.29, 1.82) is 0 Å². The highest BCUT2D eigenvalue weighted by Gasteiger charge is 2.36. The summed E-state index contributed by atoms with van der Waals surface area (Å²) in [5.74, 6) is -6.76. The molecule has 1 aromatic rings. The molecule has 0 aromatic heterocycles. The van der Waals surface area contributed by atoms with E-state index in [0.29, 0.717) is 18.8 Å². The summed E-state index contributed by atoms with van der Waals surface area (Å²) < 4.78 is 0. The second-order valence-electron chi connectivity index (χ2n) is 21.3. The van der Waals surface area contributed by atoms with Crippen molar-refractivity contribution in [3.63, 3.8) is 0 Å². The Kier molecular flexibility index (Phi) is 31.2. The summed E-state index contributed by atoms with van der Waals surface area (Å²) in [6.07, 6.45) is 3.23. The van der Waals surface area contributed by atoms with Crippen molar-refractivity contribution in [2.45, 2.75) is 200 Å². The molecule has 2 rings (SSSR count). The molecular weight excluding hydrogens is 963 g/mol. The maximum atomic E-state index is 14.4. The summed E-state index contributed by atoms with van der Waals surface area (Å²) in [4.78, 5) is 127. The molecule has 1 fully saturated rings. The summed E-state index contributed by atoms with van der Waals surface area (Å²) in [7, 11) is 0. The smallest absolute Gasteiger partial charge is 0.243 e. The van der Waals surface area contributed by atoms with Gasteiger partial charge in [0.05, 0.1) is 18.6 Å². The zero-order valence-corrected chi connectivity index (χ0v) is 45.8. The summed E-state index contributed by atoms with van der Waals surface area (Å²) in [6.45, 7) is 13.2. The molecule has 1 aliphatic rings. The normalized spacial score (nSPS) is 23.1. The molecule has 0 bridgehead atoms. The number of aliphatic hydroxyl groups excluding tert-OH is 1. The first-order valence-corrected chi connectivity index (χ1v) is 27.4. The van der Waals surface area contributed by atoms with Crippen LogP contribution in [0.25, 0.3) is 0 Å². The number of amides is 8. The predicted molar refractivity (Wildman–Crippen MR) is 288 cm³/mol. The van der Waals surface area contributed by atoms with Crippen molar-refractivity contribution in [3.05, 3.63) is 35.9 Å². The van der Waals surface area contributed by atoms with Gasteiger partial charge in [0.25, 0.3) is 0 Å². The molecule has 9 atom stereocenters. The number of benzene rings is 1. The summed E-state index contributed by atoms with van der Waals surface area (Å²) in [5, 5.41) is 32.5. The van der Waals surface area contributed by atoms with E-state index in [1.54, 1.807) is 30.3 Å². The first-order valence-electron chi connectivity index (χ1n) is 27.4. The van der Waals surface area contributed by atoms with Crippen molar-refractivity contribution in [3.8, 4) is 0 Å². The molecule has 75 heavy (non-hydrogen) atoms. The van der Waals surface area contributed by atoms with Crippen LogP contribution in [0.1, 0.15) is 150 Å². The maximum absolute atomic E-state index is 14.4. The van der Waals surface area contributed by atoms with Crippen LogP contribution in [0.3, 0.4) is 0 Å². The Morgan fingerprint density at radius 3 is 1.72 bits per heavy atom. The fraction of sp³-hybridized carbons (Fsp3) is 0.722. The number of carbonyl (C=O) groups is 9. The molecule has 1 aromatic carbocycles. The van der Waals surface area contributed by atoms with Crippen LogP contribution in [0, 0.1) is 23.7 Å². The highest BCUT2D eigenvalue weighted by atomic mass is 16.3. The zero-order chi connectivity index (χ0) is 56.0. The van der Waals surface area contributed by atoms with Gasteiger partial charge in [-0.1, -0.05) is 111 Å². The standard InChI is InChI=1S/C54H93N11O10/c1-8-15-39-50(71)65-45(29-35(6)7)49(70)58-27-23-43(63-51(72)40(20-24-55)59-47(68)32-38(66)19-14-9-11-16-33(2)3)54(75)62-42(22-26-57)53(74)64-44(28-34(4)5)46(67)31-37(30-36-17-12-10-13-18-36)48(69)60-41(21-25-56)52(73)61-39/h10,12-13,17-18,33-35,37-45,66H,8-9,11,14-16,19-32,55-57H2,1-7H3,(H,58,70)(H,59,68)(H,60,69)(H,61,73)(H,62,75)(H,63,72)(H,64,74)(H,65,71)/t37-,38-,39+,40-,41+,42+,43+,44-,45+/m1/s1. The minimum Gasteiger partial charge on any atom is -0.393 e. The average molecular weight is 1060 g/mol. The van der Waals surface area contributed by atoms with E-state index in [9.17, 15) is 48.3 Å². The molecule has 21 nitrogen and oxygen atoms in total. The van der Waals surface area contributed by atoms with Crippen molar-refractivity contribution in [1.82, 2.24) is 42.5 Å². The quantitative estimate of drug-likeness (QED) is 0.0610. The predicted octanol–water partition coefficient (Wildman–Crippen LogP) is 1.01. The van der Waals surface area contributed by atoms with Crippen molar-refractivity contribution in [2.24, 2.45) is 40.9 Å². The molecule has 1 heterocycles. The van der Waals surface area contributed by atoms with E-state index >= 15 is 0 Å². The Morgan fingerprint density at radius 2 is 1.16 bits per heavy atom. The number of carbonyl (C=O) groups excluding carboxylic acids is 9. The van der Waals surface area contributed by atoms with Gasteiger partial charge in [0.1, 0.15) is 36.3 Å². The topological polar surface area (TPSA) is 348 Å². The fourth-order valence-corrected chi connectivity index (χ4v) is 8.91. The van der Waals surface area contributed by atoms with Crippen LogP contribution in [0.2, 0.25) is 0 Å². The van der Waals surface area contributed by atoms with Crippen molar-refractivity contribution in [2.75, 3.05) is 26.2 Å². The van der Waals surface area contributed by atoms with Crippen LogP contribution in [0.5, 0.6) is 0 Å². The Hall–Kier alpha value is -5.51. The van der Waals surface area contributed by atoms with Crippen LogP contribution in [-0.4, -0.2) is 133 Å². The number of ketones is 1. The Labute approximate surface area is 445 Å². The van der Waals surface area contributed by atoms with Crippen molar-refractivity contribution >= 4 is 53.0 Å². The van der Waals surface area contributed by atoms with E-state index in [1.165, 1.54) is 0 Å². The monoisotopic (exact) mass is 1060 g/mol. The number of nitrogens with one attached hydrogen (secondary N) is 8. The molecule has 8 amide bonds. The lowest BCUT2D eigenvalue weighted by Crippen LogP contribution is -2.59. The van der Waals surface area contributed by atoms with Gasteiger partial charge in [0, 0.05) is 18.9 Å². The minimum atomic E-state index is -1.44. The lowest BCUT2D eigenvalue weighted by molar-refractivity contribution is -0.136. The number of rotatable bonds is 25. The van der Waals surface area contributed by atoms with E-state index in [0.717, 1.165) is 31.2 Å². The number of aliphatic hydroxyl groups is 1. The van der Waals surface area contributed by atoms with Crippen LogP contribution in [0.15, 0.2) is 30.3 Å². The first-order chi connectivity index (χ1) is 35.6. The molecule has 424 valence electrons. The molecule has 0 radical (unpaired) electrons. The van der Waals surface area contributed by atoms with Gasteiger partial charge in [0.2, 0.25) is 47.3 Å². The summed E-state index contributed by atoms with van der Waals surface area (Å²) in [5.41, 5.74) is 18.5. The number of nitrogens with two attached hydrogens (primary N) is 3. The summed E-state index contributed by atoms with van der Waals surface area (Å²) in [6, 6.07) is 0.429. The van der Waals surface area contributed by atoms with Gasteiger partial charge in [-0.15, -0.1) is 0 Å². The van der Waals surface area contributed by atoms with Gasteiger partial charge in [-0.05, 0) is 101 Å². The Balaban J connectivity index is 2.65. The molecule has 1 aliphatic heterocycles. The van der Waals surface area contributed by atoms with E-state index in [2.05, 4.69) is 56.4 Å². The second kappa shape index (κ2) is 35.7. The molecule has 0 unspecified atom stereocenters. The number of hydrogen-bond donors (Lipinski definition) is 12. The third kappa shape index (κ3) is 25.7. The molecule has 0 spiro atoms. The van der Waals surface area contributed by atoms with Gasteiger partial charge < -0.3 is 64.8 Å². The third-order valence-corrected chi connectivity index (χ3v) is 13.0. The lowest BCUT2D eigenvalue weighted by atomic mass is 9.88. The largest absolute Gasteiger partial charge is 0.393 e. The second-order valence-corrected chi connectivity index (χ2v) is 21.3. The van der Waals surface area contributed by atoms with Gasteiger partial charge in [0.15, 0.2) is 5.78 Å². The molecular formula is C54H93N11O10. The minimum absolute atomic E-state index is 0.00450. The maximum Gasteiger partial charge on any atom is 0.243 e. The zero-order valence-electron chi connectivity index (χ0n) is 45.8. The van der Waals surface area contributed by atoms with Crippen LogP contribution < -0.4 is 59.7 Å². The number of unbranched alkanes of at least 4 members (excludes halogenated alkanes) is 2. The van der Waals surface area contributed by atoms with E-state index < -0.39 is 107 Å². The molecule has 21 heteroatoms. The molecule has 0 saturated carbocycles. The third-order valence-electron chi connectivity index (χ3n) is 13.0. The van der Waals surface area contributed by atoms with Gasteiger partial charge >= 0.3 is 0 Å².